The lowest BCUT2D eigenvalue weighted by molar-refractivity contribution is -0.128. The molecule has 0 aliphatic rings. The van der Waals surface area contributed by atoms with Gasteiger partial charge in [-0.2, -0.15) is 0 Å². The lowest BCUT2D eigenvalue weighted by Crippen LogP contribution is -1.97. The number of hydrogen-bond donors (Lipinski definition) is 0. The summed E-state index contributed by atoms with van der Waals surface area (Å²) in [5.41, 5.74) is 1.35. The zero-order valence-electron chi connectivity index (χ0n) is 9.23. The van der Waals surface area contributed by atoms with Crippen LogP contribution in [0.4, 0.5) is 0 Å². The van der Waals surface area contributed by atoms with E-state index in [0.29, 0.717) is 34.4 Å². The number of hydrogen-bond acceptors (Lipinski definition) is 4. The normalized spacial score (nSPS) is 10.3. The number of carbonyl (C=O) groups excluding carboxylic acids is 1. The molecule has 0 fully saturated rings. The summed E-state index contributed by atoms with van der Waals surface area (Å²) in [5.74, 6) is 0.481. The van der Waals surface area contributed by atoms with Crippen molar-refractivity contribution in [3.8, 4) is 11.3 Å². The number of carbonyl (C=O) groups is 1. The van der Waals surface area contributed by atoms with Gasteiger partial charge in [-0.05, 0) is 24.3 Å². The summed E-state index contributed by atoms with van der Waals surface area (Å²) in [6, 6.07) is 7.07. The van der Waals surface area contributed by atoms with Crippen molar-refractivity contribution in [2.45, 2.75) is 6.42 Å². The third kappa shape index (κ3) is 2.83. The molecule has 1 aromatic heterocycles. The summed E-state index contributed by atoms with van der Waals surface area (Å²) in [6.45, 7) is 0.601. The van der Waals surface area contributed by atoms with Gasteiger partial charge in [0.15, 0.2) is 5.76 Å². The van der Waals surface area contributed by atoms with Crippen LogP contribution in [0.3, 0.4) is 0 Å². The van der Waals surface area contributed by atoms with Crippen LogP contribution in [0.25, 0.3) is 11.3 Å². The fraction of sp³-hybridized carbons (Fsp3) is 0.167. The lowest BCUT2D eigenvalue weighted by Gasteiger charge is -1.97. The molecule has 0 saturated carbocycles. The van der Waals surface area contributed by atoms with Crippen molar-refractivity contribution in [2.24, 2.45) is 0 Å². The van der Waals surface area contributed by atoms with E-state index in [-0.39, 0.29) is 6.61 Å². The highest BCUT2D eigenvalue weighted by molar-refractivity contribution is 6.33. The van der Waals surface area contributed by atoms with Gasteiger partial charge in [0, 0.05) is 17.0 Å². The molecule has 0 atom stereocenters. The van der Waals surface area contributed by atoms with Crippen molar-refractivity contribution >= 4 is 29.7 Å². The van der Waals surface area contributed by atoms with Gasteiger partial charge in [0.1, 0.15) is 10.7 Å². The third-order valence-electron chi connectivity index (χ3n) is 2.33. The van der Waals surface area contributed by atoms with E-state index in [2.05, 4.69) is 9.89 Å². The Morgan fingerprint density at radius 3 is 2.67 bits per heavy atom. The maximum absolute atomic E-state index is 10.0. The summed E-state index contributed by atoms with van der Waals surface area (Å²) < 4.78 is 9.77. The topological polar surface area (TPSA) is 52.3 Å². The van der Waals surface area contributed by atoms with Crippen molar-refractivity contribution in [2.75, 3.05) is 6.61 Å². The Morgan fingerprint density at radius 2 is 2.00 bits per heavy atom. The van der Waals surface area contributed by atoms with Gasteiger partial charge in [0.25, 0.3) is 6.47 Å². The van der Waals surface area contributed by atoms with Crippen molar-refractivity contribution in [1.82, 2.24) is 5.16 Å². The van der Waals surface area contributed by atoms with Crippen LogP contribution in [0, 0.1) is 0 Å². The highest BCUT2D eigenvalue weighted by Crippen LogP contribution is 2.31. The molecule has 0 aliphatic carbocycles. The van der Waals surface area contributed by atoms with Gasteiger partial charge in [-0.25, -0.2) is 0 Å². The Bertz CT molecular complexity index is 537. The van der Waals surface area contributed by atoms with Gasteiger partial charge in [-0.1, -0.05) is 28.4 Å². The molecule has 0 spiro atoms. The second-order valence-electron chi connectivity index (χ2n) is 3.50. The van der Waals surface area contributed by atoms with E-state index in [1.165, 1.54) is 0 Å². The fourth-order valence-electron chi connectivity index (χ4n) is 1.45. The first-order chi connectivity index (χ1) is 8.72. The summed E-state index contributed by atoms with van der Waals surface area (Å²) >= 11 is 11.9. The molecule has 0 bridgehead atoms. The number of rotatable bonds is 5. The van der Waals surface area contributed by atoms with Crippen LogP contribution < -0.4 is 0 Å². The summed E-state index contributed by atoms with van der Waals surface area (Å²) in [4.78, 5) is 10.0. The fourth-order valence-corrected chi connectivity index (χ4v) is 1.85. The molecule has 0 aliphatic heterocycles. The molecule has 4 nitrogen and oxygen atoms in total. The van der Waals surface area contributed by atoms with Gasteiger partial charge in [-0.3, -0.25) is 4.79 Å². The highest BCUT2D eigenvalue weighted by atomic mass is 35.5. The molecule has 0 amide bonds. The summed E-state index contributed by atoms with van der Waals surface area (Å²) in [5, 5.41) is 4.91. The second-order valence-corrected chi connectivity index (χ2v) is 4.31. The average molecular weight is 286 g/mol. The number of ether oxygens (including phenoxy) is 1. The molecular weight excluding hydrogens is 277 g/mol. The number of benzene rings is 1. The molecule has 0 unspecified atom stereocenters. The molecule has 6 heteroatoms. The molecule has 1 heterocycles. The number of halogens is 2. The molecule has 18 heavy (non-hydrogen) atoms. The first-order valence-electron chi connectivity index (χ1n) is 5.17. The predicted octanol–water partition coefficient (Wildman–Crippen LogP) is 3.36. The van der Waals surface area contributed by atoms with Crippen LogP contribution in [0.1, 0.15) is 5.69 Å². The molecular formula is C12H9Cl2NO3. The first kappa shape index (κ1) is 12.9. The largest absolute Gasteiger partial charge is 0.467 e. The van der Waals surface area contributed by atoms with Gasteiger partial charge in [0.2, 0.25) is 0 Å². The minimum atomic E-state index is 0.218. The average Bonchev–Trinajstić information content (AvgIpc) is 2.73. The lowest BCUT2D eigenvalue weighted by atomic mass is 10.1. The Labute approximate surface area is 113 Å². The van der Waals surface area contributed by atoms with Gasteiger partial charge < -0.3 is 9.26 Å². The van der Waals surface area contributed by atoms with Gasteiger partial charge in [-0.15, -0.1) is 0 Å². The molecule has 0 N–H and O–H groups in total. The van der Waals surface area contributed by atoms with Crippen LogP contribution in [0.15, 0.2) is 28.8 Å². The Hall–Kier alpha value is -1.52. The summed E-state index contributed by atoms with van der Waals surface area (Å²) in [6.07, 6.45) is 0.411. The summed E-state index contributed by atoms with van der Waals surface area (Å²) in [7, 11) is 0. The smallest absolute Gasteiger partial charge is 0.293 e. The van der Waals surface area contributed by atoms with Crippen LogP contribution in [0.2, 0.25) is 10.0 Å². The number of nitrogens with zero attached hydrogens (tertiary/aromatic N) is 1. The molecule has 0 saturated heterocycles. The standard InChI is InChI=1S/C12H9Cl2NO3/c13-9-3-1-8(2-4-9)12-11(14)10(15-18-12)5-6-17-7-16/h1-4,7H,5-6H2. The van der Waals surface area contributed by atoms with E-state index < -0.39 is 0 Å². The van der Waals surface area contributed by atoms with E-state index in [4.69, 9.17) is 27.7 Å². The Balaban J connectivity index is 2.19. The van der Waals surface area contributed by atoms with E-state index in [1.54, 1.807) is 24.3 Å². The first-order valence-corrected chi connectivity index (χ1v) is 5.93. The van der Waals surface area contributed by atoms with Gasteiger partial charge >= 0.3 is 0 Å². The monoisotopic (exact) mass is 285 g/mol. The number of aromatic nitrogens is 1. The van der Waals surface area contributed by atoms with Crippen molar-refractivity contribution in [3.63, 3.8) is 0 Å². The van der Waals surface area contributed by atoms with Crippen LogP contribution >= 0.6 is 23.2 Å². The maximum atomic E-state index is 10.0. The molecule has 1 aromatic carbocycles. The van der Waals surface area contributed by atoms with E-state index in [1.807, 2.05) is 0 Å². The Morgan fingerprint density at radius 1 is 1.28 bits per heavy atom. The third-order valence-corrected chi connectivity index (χ3v) is 2.97. The zero-order chi connectivity index (χ0) is 13.0. The van der Waals surface area contributed by atoms with Gasteiger partial charge in [0.05, 0.1) is 6.61 Å². The molecule has 94 valence electrons. The quantitative estimate of drug-likeness (QED) is 0.624. The molecule has 2 aromatic rings. The minimum Gasteiger partial charge on any atom is -0.467 e. The highest BCUT2D eigenvalue weighted by Gasteiger charge is 2.15. The molecule has 2 rings (SSSR count). The van der Waals surface area contributed by atoms with E-state index >= 15 is 0 Å². The second kappa shape index (κ2) is 5.89. The molecule has 0 radical (unpaired) electrons. The van der Waals surface area contributed by atoms with Crippen LogP contribution in [0.5, 0.6) is 0 Å². The van der Waals surface area contributed by atoms with E-state index in [9.17, 15) is 4.79 Å². The van der Waals surface area contributed by atoms with E-state index in [0.717, 1.165) is 5.56 Å². The Kier molecular flexibility index (Phi) is 4.23. The van der Waals surface area contributed by atoms with Crippen molar-refractivity contribution in [3.05, 3.63) is 40.0 Å². The van der Waals surface area contributed by atoms with Crippen molar-refractivity contribution in [1.29, 1.82) is 0 Å². The zero-order valence-corrected chi connectivity index (χ0v) is 10.7. The minimum absolute atomic E-state index is 0.218. The predicted molar refractivity (Wildman–Crippen MR) is 67.7 cm³/mol. The SMILES string of the molecule is O=COCCc1noc(-c2ccc(Cl)cc2)c1Cl. The van der Waals surface area contributed by atoms with Crippen molar-refractivity contribution < 1.29 is 14.1 Å². The van der Waals surface area contributed by atoms with Crippen LogP contribution in [-0.4, -0.2) is 18.2 Å². The maximum Gasteiger partial charge on any atom is 0.293 e. The van der Waals surface area contributed by atoms with Crippen LogP contribution in [-0.2, 0) is 16.0 Å².